The zero-order valence-electron chi connectivity index (χ0n) is 8.51. The van der Waals surface area contributed by atoms with Crippen LogP contribution in [0.3, 0.4) is 0 Å². The average Bonchev–Trinajstić information content (AvgIpc) is 2.29. The van der Waals surface area contributed by atoms with Crippen molar-refractivity contribution in [1.29, 1.82) is 0 Å². The minimum atomic E-state index is -0.437. The molecule has 0 saturated heterocycles. The van der Waals surface area contributed by atoms with Gasteiger partial charge in [0.05, 0.1) is 5.60 Å². The first-order valence-corrected chi connectivity index (χ1v) is 6.51. The second-order valence-electron chi connectivity index (χ2n) is 5.15. The monoisotopic (exact) mass is 274 g/mol. The lowest BCUT2D eigenvalue weighted by Crippen LogP contribution is -2.50. The van der Waals surface area contributed by atoms with Crippen LogP contribution >= 0.6 is 27.3 Å². The van der Waals surface area contributed by atoms with E-state index in [0.717, 1.165) is 23.7 Å². The van der Waals surface area contributed by atoms with Crippen LogP contribution in [-0.4, -0.2) is 10.7 Å². The quantitative estimate of drug-likeness (QED) is 0.874. The smallest absolute Gasteiger partial charge is 0.0706 e. The second-order valence-corrected chi connectivity index (χ2v) is 7.06. The summed E-state index contributed by atoms with van der Waals surface area (Å²) in [6, 6.07) is 2.11. The topological polar surface area (TPSA) is 20.2 Å². The maximum Gasteiger partial charge on any atom is 0.0706 e. The van der Waals surface area contributed by atoms with E-state index in [1.807, 2.05) is 0 Å². The molecular weight excluding hydrogens is 260 g/mol. The highest BCUT2D eigenvalue weighted by atomic mass is 79.9. The predicted molar refractivity (Wildman–Crippen MR) is 63.7 cm³/mol. The van der Waals surface area contributed by atoms with Crippen LogP contribution in [0.25, 0.3) is 0 Å². The Bertz CT molecular complexity index is 335. The predicted octanol–water partition coefficient (Wildman–Crippen LogP) is 3.60. The third-order valence-corrected chi connectivity index (χ3v) is 4.44. The van der Waals surface area contributed by atoms with Crippen LogP contribution in [0.15, 0.2) is 15.9 Å². The van der Waals surface area contributed by atoms with E-state index in [4.69, 9.17) is 0 Å². The zero-order chi connectivity index (χ0) is 10.4. The van der Waals surface area contributed by atoms with Crippen LogP contribution < -0.4 is 0 Å². The summed E-state index contributed by atoms with van der Waals surface area (Å²) in [5.74, 6) is 0. The molecule has 1 aromatic heterocycles. The van der Waals surface area contributed by atoms with Crippen molar-refractivity contribution in [3.05, 3.63) is 20.8 Å². The van der Waals surface area contributed by atoms with E-state index in [0.29, 0.717) is 5.41 Å². The molecule has 78 valence electrons. The van der Waals surface area contributed by atoms with E-state index >= 15 is 0 Å². The fourth-order valence-electron chi connectivity index (χ4n) is 2.63. The molecule has 3 heteroatoms. The molecule has 1 fully saturated rings. The van der Waals surface area contributed by atoms with Gasteiger partial charge in [-0.3, -0.25) is 0 Å². The molecular formula is C11H15BrOS. The van der Waals surface area contributed by atoms with Crippen LogP contribution in [0.2, 0.25) is 0 Å². The molecule has 0 spiro atoms. The lowest BCUT2D eigenvalue weighted by molar-refractivity contribution is -0.111. The fraction of sp³-hybridized carbons (Fsp3) is 0.636. The molecule has 1 aliphatic rings. The molecule has 0 unspecified atom stereocenters. The minimum Gasteiger partial charge on any atom is -0.389 e. The Labute approximate surface area is 97.3 Å². The van der Waals surface area contributed by atoms with E-state index in [9.17, 15) is 5.11 Å². The van der Waals surface area contributed by atoms with Gasteiger partial charge in [-0.1, -0.05) is 13.8 Å². The van der Waals surface area contributed by atoms with Crippen molar-refractivity contribution in [1.82, 2.24) is 0 Å². The normalized spacial score (nSPS) is 23.1. The van der Waals surface area contributed by atoms with Gasteiger partial charge in [0.1, 0.15) is 0 Å². The van der Waals surface area contributed by atoms with E-state index in [1.54, 1.807) is 11.3 Å². The second kappa shape index (κ2) is 3.32. The maximum absolute atomic E-state index is 10.2. The average molecular weight is 275 g/mol. The molecule has 0 bridgehead atoms. The summed E-state index contributed by atoms with van der Waals surface area (Å²) in [5, 5.41) is 12.3. The van der Waals surface area contributed by atoms with Gasteiger partial charge in [-0.05, 0) is 40.3 Å². The Balaban J connectivity index is 1.99. The number of halogens is 1. The summed E-state index contributed by atoms with van der Waals surface area (Å²) in [6.07, 6.45) is 2.66. The SMILES string of the molecule is CC1(C)CC(O)(Cc2cc(Br)cs2)C1. The Morgan fingerprint density at radius 3 is 2.57 bits per heavy atom. The van der Waals surface area contributed by atoms with Crippen molar-refractivity contribution in [2.45, 2.75) is 38.7 Å². The Morgan fingerprint density at radius 2 is 2.14 bits per heavy atom. The Kier molecular flexibility index (Phi) is 2.53. The summed E-state index contributed by atoms with van der Waals surface area (Å²) in [7, 11) is 0. The van der Waals surface area contributed by atoms with Gasteiger partial charge in [-0.15, -0.1) is 11.3 Å². The van der Waals surface area contributed by atoms with Crippen molar-refractivity contribution in [3.8, 4) is 0 Å². The minimum absolute atomic E-state index is 0.337. The van der Waals surface area contributed by atoms with Crippen molar-refractivity contribution in [2.24, 2.45) is 5.41 Å². The highest BCUT2D eigenvalue weighted by molar-refractivity contribution is 9.10. The first kappa shape index (κ1) is 10.7. The van der Waals surface area contributed by atoms with Crippen LogP contribution in [0.1, 0.15) is 31.6 Å². The van der Waals surface area contributed by atoms with Gasteiger partial charge in [-0.2, -0.15) is 0 Å². The molecule has 0 amide bonds. The largest absolute Gasteiger partial charge is 0.389 e. The summed E-state index contributed by atoms with van der Waals surface area (Å²) < 4.78 is 1.12. The molecule has 1 aliphatic carbocycles. The van der Waals surface area contributed by atoms with E-state index in [1.165, 1.54) is 4.88 Å². The van der Waals surface area contributed by atoms with Crippen molar-refractivity contribution < 1.29 is 5.11 Å². The first-order valence-electron chi connectivity index (χ1n) is 4.84. The molecule has 1 nitrogen and oxygen atoms in total. The van der Waals surface area contributed by atoms with Crippen LogP contribution in [0, 0.1) is 5.41 Å². The summed E-state index contributed by atoms with van der Waals surface area (Å²) >= 11 is 5.15. The zero-order valence-corrected chi connectivity index (χ0v) is 10.9. The van der Waals surface area contributed by atoms with Crippen LogP contribution in [-0.2, 0) is 6.42 Å². The Morgan fingerprint density at radius 1 is 1.50 bits per heavy atom. The van der Waals surface area contributed by atoms with E-state index in [-0.39, 0.29) is 0 Å². The van der Waals surface area contributed by atoms with Gasteiger partial charge in [0.25, 0.3) is 0 Å². The Hall–Kier alpha value is 0.140. The van der Waals surface area contributed by atoms with Crippen molar-refractivity contribution >= 4 is 27.3 Å². The molecule has 1 saturated carbocycles. The van der Waals surface area contributed by atoms with Crippen LogP contribution in [0.4, 0.5) is 0 Å². The third kappa shape index (κ3) is 2.20. The molecule has 1 heterocycles. The molecule has 1 aromatic rings. The molecule has 0 aliphatic heterocycles. The molecule has 2 rings (SSSR count). The first-order chi connectivity index (χ1) is 6.39. The van der Waals surface area contributed by atoms with Gasteiger partial charge < -0.3 is 5.11 Å². The van der Waals surface area contributed by atoms with E-state index < -0.39 is 5.60 Å². The third-order valence-electron chi connectivity index (χ3n) is 2.74. The molecule has 1 N–H and O–H groups in total. The van der Waals surface area contributed by atoms with Gasteiger partial charge in [-0.25, -0.2) is 0 Å². The number of hydrogen-bond acceptors (Lipinski definition) is 2. The maximum atomic E-state index is 10.2. The summed E-state index contributed by atoms with van der Waals surface area (Å²) in [5.41, 5.74) is -0.100. The lowest BCUT2D eigenvalue weighted by Gasteiger charge is -2.49. The number of hydrogen-bond donors (Lipinski definition) is 1. The standard InChI is InChI=1S/C11H15BrOS/c1-10(2)6-11(13,7-10)4-9-3-8(12)5-14-9/h3,5,13H,4,6-7H2,1-2H3. The van der Waals surface area contributed by atoms with Gasteiger partial charge in [0.15, 0.2) is 0 Å². The van der Waals surface area contributed by atoms with Gasteiger partial charge in [0.2, 0.25) is 0 Å². The molecule has 0 aromatic carbocycles. The molecule has 0 radical (unpaired) electrons. The fourth-order valence-corrected chi connectivity index (χ4v) is 4.21. The highest BCUT2D eigenvalue weighted by Gasteiger charge is 2.47. The number of aliphatic hydroxyl groups is 1. The molecule has 0 atom stereocenters. The summed E-state index contributed by atoms with van der Waals surface area (Å²) in [4.78, 5) is 1.27. The summed E-state index contributed by atoms with van der Waals surface area (Å²) in [6.45, 7) is 4.43. The van der Waals surface area contributed by atoms with Crippen molar-refractivity contribution in [2.75, 3.05) is 0 Å². The van der Waals surface area contributed by atoms with E-state index in [2.05, 4.69) is 41.2 Å². The number of thiophene rings is 1. The van der Waals surface area contributed by atoms with Gasteiger partial charge >= 0.3 is 0 Å². The lowest BCUT2D eigenvalue weighted by atomic mass is 9.60. The van der Waals surface area contributed by atoms with Crippen LogP contribution in [0.5, 0.6) is 0 Å². The van der Waals surface area contributed by atoms with Gasteiger partial charge in [0, 0.05) is 21.2 Å². The number of rotatable bonds is 2. The highest BCUT2D eigenvalue weighted by Crippen LogP contribution is 2.49. The molecule has 14 heavy (non-hydrogen) atoms. The van der Waals surface area contributed by atoms with Crippen molar-refractivity contribution in [3.63, 3.8) is 0 Å².